The van der Waals surface area contributed by atoms with Crippen molar-refractivity contribution in [1.82, 2.24) is 4.98 Å². The molecule has 0 atom stereocenters. The predicted molar refractivity (Wildman–Crippen MR) is 57.4 cm³/mol. The Labute approximate surface area is 86.5 Å². The normalized spacial score (nSPS) is 9.83. The summed E-state index contributed by atoms with van der Waals surface area (Å²) >= 11 is 2.18. The van der Waals surface area contributed by atoms with Crippen LogP contribution in [0.1, 0.15) is 19.8 Å². The van der Waals surface area contributed by atoms with Gasteiger partial charge in [-0.05, 0) is 41.1 Å². The molecule has 0 radical (unpaired) electrons. The standard InChI is InChI=1S/C9H12INO/c1-2-3-7-12-8-5-4-6-11-9(8)10/h4-6H,2-3,7H2,1H3. The van der Waals surface area contributed by atoms with Gasteiger partial charge >= 0.3 is 0 Å². The predicted octanol–water partition coefficient (Wildman–Crippen LogP) is 2.87. The Morgan fingerprint density at radius 3 is 3.08 bits per heavy atom. The number of hydrogen-bond acceptors (Lipinski definition) is 2. The quantitative estimate of drug-likeness (QED) is 0.479. The highest BCUT2D eigenvalue weighted by Gasteiger charge is 1.98. The molecule has 0 unspecified atom stereocenters. The molecule has 1 rings (SSSR count). The van der Waals surface area contributed by atoms with Crippen molar-refractivity contribution < 1.29 is 4.74 Å². The summed E-state index contributed by atoms with van der Waals surface area (Å²) in [6.07, 6.45) is 4.04. The van der Waals surface area contributed by atoms with Crippen molar-refractivity contribution in [3.05, 3.63) is 22.0 Å². The van der Waals surface area contributed by atoms with E-state index in [2.05, 4.69) is 34.5 Å². The third-order valence-electron chi connectivity index (χ3n) is 1.48. The summed E-state index contributed by atoms with van der Waals surface area (Å²) in [5.74, 6) is 0.895. The van der Waals surface area contributed by atoms with Gasteiger partial charge in [0, 0.05) is 6.20 Å². The molecule has 0 spiro atoms. The molecule has 0 aliphatic carbocycles. The number of rotatable bonds is 4. The van der Waals surface area contributed by atoms with Crippen LogP contribution in [-0.2, 0) is 0 Å². The summed E-state index contributed by atoms with van der Waals surface area (Å²) in [5, 5.41) is 0. The van der Waals surface area contributed by atoms with E-state index in [0.717, 1.165) is 28.9 Å². The van der Waals surface area contributed by atoms with Gasteiger partial charge in [0.2, 0.25) is 0 Å². The fourth-order valence-corrected chi connectivity index (χ4v) is 1.30. The zero-order valence-electron chi connectivity index (χ0n) is 7.09. The van der Waals surface area contributed by atoms with E-state index in [-0.39, 0.29) is 0 Å². The average molecular weight is 277 g/mol. The van der Waals surface area contributed by atoms with Crippen LogP contribution < -0.4 is 4.74 Å². The second kappa shape index (κ2) is 5.35. The maximum atomic E-state index is 5.51. The molecule has 66 valence electrons. The molecule has 1 aromatic rings. The highest BCUT2D eigenvalue weighted by atomic mass is 127. The molecule has 12 heavy (non-hydrogen) atoms. The lowest BCUT2D eigenvalue weighted by Gasteiger charge is -2.05. The van der Waals surface area contributed by atoms with Gasteiger partial charge in [-0.3, -0.25) is 0 Å². The van der Waals surface area contributed by atoms with Crippen LogP contribution in [0.3, 0.4) is 0 Å². The Morgan fingerprint density at radius 2 is 2.42 bits per heavy atom. The third kappa shape index (κ3) is 2.97. The number of nitrogens with zero attached hydrogens (tertiary/aromatic N) is 1. The van der Waals surface area contributed by atoms with Gasteiger partial charge in [-0.25, -0.2) is 4.98 Å². The number of ether oxygens (including phenoxy) is 1. The monoisotopic (exact) mass is 277 g/mol. The first-order valence-electron chi connectivity index (χ1n) is 4.08. The second-order valence-electron chi connectivity index (χ2n) is 2.49. The minimum absolute atomic E-state index is 0.790. The SMILES string of the molecule is CCCCOc1cccnc1I. The highest BCUT2D eigenvalue weighted by molar-refractivity contribution is 14.1. The van der Waals surface area contributed by atoms with E-state index in [1.165, 1.54) is 0 Å². The van der Waals surface area contributed by atoms with E-state index >= 15 is 0 Å². The first-order valence-corrected chi connectivity index (χ1v) is 5.15. The van der Waals surface area contributed by atoms with Crippen molar-refractivity contribution >= 4 is 22.6 Å². The molecule has 0 aliphatic rings. The molecule has 0 saturated heterocycles. The minimum atomic E-state index is 0.790. The summed E-state index contributed by atoms with van der Waals surface area (Å²) in [6, 6.07) is 3.84. The number of pyridine rings is 1. The van der Waals surface area contributed by atoms with E-state index in [4.69, 9.17) is 4.74 Å². The van der Waals surface area contributed by atoms with E-state index in [1.54, 1.807) is 6.20 Å². The fourth-order valence-electron chi connectivity index (χ4n) is 0.805. The van der Waals surface area contributed by atoms with Crippen LogP contribution in [0.2, 0.25) is 0 Å². The molecular formula is C9H12INO. The topological polar surface area (TPSA) is 22.1 Å². The maximum Gasteiger partial charge on any atom is 0.151 e. The summed E-state index contributed by atoms with van der Waals surface area (Å²) in [6.45, 7) is 2.94. The van der Waals surface area contributed by atoms with Crippen molar-refractivity contribution in [2.24, 2.45) is 0 Å². The summed E-state index contributed by atoms with van der Waals surface area (Å²) < 4.78 is 6.44. The highest BCUT2D eigenvalue weighted by Crippen LogP contribution is 2.16. The maximum absolute atomic E-state index is 5.51. The summed E-state index contributed by atoms with van der Waals surface area (Å²) in [7, 11) is 0. The van der Waals surface area contributed by atoms with Crippen LogP contribution in [0.25, 0.3) is 0 Å². The Morgan fingerprint density at radius 1 is 1.58 bits per heavy atom. The van der Waals surface area contributed by atoms with Crippen molar-refractivity contribution in [2.45, 2.75) is 19.8 Å². The molecule has 1 aromatic heterocycles. The van der Waals surface area contributed by atoms with Crippen LogP contribution in [0.5, 0.6) is 5.75 Å². The first kappa shape index (κ1) is 9.77. The molecule has 0 bridgehead atoms. The van der Waals surface area contributed by atoms with E-state index in [1.807, 2.05) is 12.1 Å². The Kier molecular flexibility index (Phi) is 4.35. The van der Waals surface area contributed by atoms with Crippen LogP contribution in [0.4, 0.5) is 0 Å². The van der Waals surface area contributed by atoms with Crippen LogP contribution in [0.15, 0.2) is 18.3 Å². The van der Waals surface area contributed by atoms with Gasteiger partial charge < -0.3 is 4.74 Å². The third-order valence-corrected chi connectivity index (χ3v) is 2.29. The summed E-state index contributed by atoms with van der Waals surface area (Å²) in [4.78, 5) is 4.12. The van der Waals surface area contributed by atoms with Gasteiger partial charge in [0.05, 0.1) is 6.61 Å². The minimum Gasteiger partial charge on any atom is -0.491 e. The van der Waals surface area contributed by atoms with Gasteiger partial charge in [-0.15, -0.1) is 0 Å². The number of halogens is 1. The number of hydrogen-bond donors (Lipinski definition) is 0. The summed E-state index contributed by atoms with van der Waals surface area (Å²) in [5.41, 5.74) is 0. The fraction of sp³-hybridized carbons (Fsp3) is 0.444. The molecule has 3 heteroatoms. The molecule has 0 aromatic carbocycles. The first-order chi connectivity index (χ1) is 5.84. The number of unbranched alkanes of at least 4 members (excludes halogenated alkanes) is 1. The van der Waals surface area contributed by atoms with Gasteiger partial charge in [-0.2, -0.15) is 0 Å². The van der Waals surface area contributed by atoms with E-state index in [0.29, 0.717) is 0 Å². The lowest BCUT2D eigenvalue weighted by atomic mass is 10.4. The van der Waals surface area contributed by atoms with Gasteiger partial charge in [0.1, 0.15) is 3.70 Å². The van der Waals surface area contributed by atoms with Crippen LogP contribution in [0, 0.1) is 3.70 Å². The Bertz CT molecular complexity index is 240. The Hall–Kier alpha value is -0.320. The van der Waals surface area contributed by atoms with Crippen LogP contribution >= 0.6 is 22.6 Å². The largest absolute Gasteiger partial charge is 0.491 e. The molecule has 0 amide bonds. The lowest BCUT2D eigenvalue weighted by Crippen LogP contribution is -1.98. The molecule has 2 nitrogen and oxygen atoms in total. The number of aromatic nitrogens is 1. The molecule has 1 heterocycles. The van der Waals surface area contributed by atoms with E-state index < -0.39 is 0 Å². The van der Waals surface area contributed by atoms with Crippen molar-refractivity contribution in [3.8, 4) is 5.75 Å². The molecular weight excluding hydrogens is 265 g/mol. The Balaban J connectivity index is 2.46. The zero-order chi connectivity index (χ0) is 8.81. The van der Waals surface area contributed by atoms with Crippen molar-refractivity contribution in [2.75, 3.05) is 6.61 Å². The molecule has 0 aliphatic heterocycles. The lowest BCUT2D eigenvalue weighted by molar-refractivity contribution is 0.306. The average Bonchev–Trinajstić information content (AvgIpc) is 2.09. The molecule has 0 fully saturated rings. The smallest absolute Gasteiger partial charge is 0.151 e. The van der Waals surface area contributed by atoms with Gasteiger partial charge in [-0.1, -0.05) is 13.3 Å². The van der Waals surface area contributed by atoms with Crippen molar-refractivity contribution in [1.29, 1.82) is 0 Å². The van der Waals surface area contributed by atoms with Crippen LogP contribution in [-0.4, -0.2) is 11.6 Å². The van der Waals surface area contributed by atoms with Gasteiger partial charge in [0.15, 0.2) is 5.75 Å². The van der Waals surface area contributed by atoms with Gasteiger partial charge in [0.25, 0.3) is 0 Å². The zero-order valence-corrected chi connectivity index (χ0v) is 9.24. The second-order valence-corrected chi connectivity index (χ2v) is 3.52. The van der Waals surface area contributed by atoms with Crippen molar-refractivity contribution in [3.63, 3.8) is 0 Å². The molecule has 0 N–H and O–H groups in total. The van der Waals surface area contributed by atoms with E-state index in [9.17, 15) is 0 Å². The molecule has 0 saturated carbocycles.